The van der Waals surface area contributed by atoms with Gasteiger partial charge in [-0.3, -0.25) is 4.79 Å². The van der Waals surface area contributed by atoms with Gasteiger partial charge in [0.05, 0.1) is 19.2 Å². The molecule has 7 heteroatoms. The second-order valence-corrected chi connectivity index (χ2v) is 8.48. The zero-order chi connectivity index (χ0) is 23.8. The third-order valence-electron chi connectivity index (χ3n) is 5.65. The number of nitrogens with zero attached hydrogens (tertiary/aromatic N) is 1. The lowest BCUT2D eigenvalue weighted by atomic mass is 10.0. The van der Waals surface area contributed by atoms with Crippen molar-refractivity contribution in [2.45, 2.75) is 40.3 Å². The van der Waals surface area contributed by atoms with Gasteiger partial charge in [0.1, 0.15) is 5.75 Å². The fourth-order valence-corrected chi connectivity index (χ4v) is 3.95. The molecule has 0 saturated heterocycles. The van der Waals surface area contributed by atoms with Crippen molar-refractivity contribution < 1.29 is 9.47 Å². The fraction of sp³-hybridized carbons (Fsp3) is 0.385. The summed E-state index contributed by atoms with van der Waals surface area (Å²) in [6.45, 7) is 9.14. The lowest BCUT2D eigenvalue weighted by Gasteiger charge is -2.26. The van der Waals surface area contributed by atoms with E-state index in [9.17, 15) is 4.79 Å². The monoisotopic (exact) mass is 467 g/mol. The SMILES string of the molecule is CCOCCCNC(=S)N(Cc1ccc(OC)cc1)Cc1cc2c(C)ccc(C)c2[nH]c1=O. The minimum absolute atomic E-state index is 0.0879. The second-order valence-electron chi connectivity index (χ2n) is 8.10. The van der Waals surface area contributed by atoms with Gasteiger partial charge in [0.2, 0.25) is 0 Å². The van der Waals surface area contributed by atoms with E-state index in [1.54, 1.807) is 7.11 Å². The molecule has 1 heterocycles. The summed E-state index contributed by atoms with van der Waals surface area (Å²) in [6.07, 6.45) is 0.861. The first-order valence-electron chi connectivity index (χ1n) is 11.3. The van der Waals surface area contributed by atoms with Crippen molar-refractivity contribution in [3.63, 3.8) is 0 Å². The molecule has 0 spiro atoms. The Balaban J connectivity index is 1.84. The standard InChI is InChI=1S/C26H33N3O3S/c1-5-32-14-6-13-27-26(33)29(16-20-9-11-22(31-4)12-10-20)17-21-15-23-18(2)7-8-19(3)24(23)28-25(21)30/h7-12,15H,5-6,13-14,16-17H2,1-4H3,(H,27,33)(H,28,30). The number of aryl methyl sites for hydroxylation is 2. The van der Waals surface area contributed by atoms with Gasteiger partial charge in [-0.15, -0.1) is 0 Å². The van der Waals surface area contributed by atoms with Crippen LogP contribution in [0.15, 0.2) is 47.3 Å². The van der Waals surface area contributed by atoms with E-state index >= 15 is 0 Å². The zero-order valence-electron chi connectivity index (χ0n) is 19.9. The van der Waals surface area contributed by atoms with E-state index in [-0.39, 0.29) is 5.56 Å². The molecule has 0 fully saturated rings. The maximum atomic E-state index is 12.9. The zero-order valence-corrected chi connectivity index (χ0v) is 20.7. The highest BCUT2D eigenvalue weighted by molar-refractivity contribution is 7.80. The van der Waals surface area contributed by atoms with Crippen molar-refractivity contribution in [3.8, 4) is 5.75 Å². The van der Waals surface area contributed by atoms with Crippen LogP contribution in [-0.4, -0.2) is 41.9 Å². The molecule has 0 aliphatic heterocycles. The van der Waals surface area contributed by atoms with Gasteiger partial charge in [0.15, 0.2) is 5.11 Å². The Kier molecular flexibility index (Phi) is 8.86. The Bertz CT molecular complexity index is 1140. The first-order chi connectivity index (χ1) is 15.9. The summed E-state index contributed by atoms with van der Waals surface area (Å²) in [5.74, 6) is 0.804. The third-order valence-corrected chi connectivity index (χ3v) is 6.05. The van der Waals surface area contributed by atoms with Crippen LogP contribution in [0, 0.1) is 13.8 Å². The van der Waals surface area contributed by atoms with Crippen molar-refractivity contribution in [1.82, 2.24) is 15.2 Å². The predicted molar refractivity (Wildman–Crippen MR) is 138 cm³/mol. The number of aromatic amines is 1. The summed E-state index contributed by atoms with van der Waals surface area (Å²) in [4.78, 5) is 18.0. The van der Waals surface area contributed by atoms with Crippen LogP contribution >= 0.6 is 12.2 Å². The molecular formula is C26H33N3O3S. The Morgan fingerprint density at radius 1 is 1.09 bits per heavy atom. The van der Waals surface area contributed by atoms with E-state index in [2.05, 4.69) is 23.3 Å². The van der Waals surface area contributed by atoms with Crippen LogP contribution in [-0.2, 0) is 17.8 Å². The van der Waals surface area contributed by atoms with Crippen LogP contribution in [0.3, 0.4) is 0 Å². The summed E-state index contributed by atoms with van der Waals surface area (Å²) >= 11 is 5.72. The van der Waals surface area contributed by atoms with E-state index in [1.807, 2.05) is 55.1 Å². The van der Waals surface area contributed by atoms with Crippen molar-refractivity contribution in [1.29, 1.82) is 0 Å². The minimum Gasteiger partial charge on any atom is -0.497 e. The number of ether oxygens (including phenoxy) is 2. The molecule has 2 aromatic carbocycles. The van der Waals surface area contributed by atoms with Crippen LogP contribution in [0.1, 0.15) is 35.6 Å². The second kappa shape index (κ2) is 11.8. The molecular weight excluding hydrogens is 434 g/mol. The van der Waals surface area contributed by atoms with Crippen LogP contribution in [0.25, 0.3) is 10.9 Å². The highest BCUT2D eigenvalue weighted by Crippen LogP contribution is 2.21. The molecule has 33 heavy (non-hydrogen) atoms. The highest BCUT2D eigenvalue weighted by Gasteiger charge is 2.15. The highest BCUT2D eigenvalue weighted by atomic mass is 32.1. The number of aromatic nitrogens is 1. The summed E-state index contributed by atoms with van der Waals surface area (Å²) < 4.78 is 10.7. The van der Waals surface area contributed by atoms with Crippen LogP contribution in [0.2, 0.25) is 0 Å². The maximum Gasteiger partial charge on any atom is 0.253 e. The number of nitrogens with one attached hydrogen (secondary N) is 2. The van der Waals surface area contributed by atoms with E-state index < -0.39 is 0 Å². The normalized spacial score (nSPS) is 10.9. The quantitative estimate of drug-likeness (QED) is 0.339. The number of rotatable bonds is 10. The van der Waals surface area contributed by atoms with Crippen molar-refractivity contribution in [3.05, 3.63) is 75.1 Å². The smallest absolute Gasteiger partial charge is 0.253 e. The maximum absolute atomic E-state index is 12.9. The number of thiocarbonyl (C=S) groups is 1. The molecule has 0 amide bonds. The van der Waals surface area contributed by atoms with Gasteiger partial charge in [0.25, 0.3) is 5.56 Å². The molecule has 0 saturated carbocycles. The Hall–Kier alpha value is -2.90. The topological polar surface area (TPSA) is 66.6 Å². The molecule has 6 nitrogen and oxygen atoms in total. The van der Waals surface area contributed by atoms with Gasteiger partial charge < -0.3 is 24.7 Å². The van der Waals surface area contributed by atoms with E-state index in [0.29, 0.717) is 43.5 Å². The fourth-order valence-electron chi connectivity index (χ4n) is 3.72. The number of methoxy groups -OCH3 is 1. The molecule has 3 rings (SSSR count). The number of hydrogen-bond donors (Lipinski definition) is 2. The Morgan fingerprint density at radius 2 is 1.82 bits per heavy atom. The number of pyridine rings is 1. The van der Waals surface area contributed by atoms with Crippen molar-refractivity contribution >= 4 is 28.2 Å². The first kappa shape index (κ1) is 24.7. The lowest BCUT2D eigenvalue weighted by molar-refractivity contribution is 0.145. The van der Waals surface area contributed by atoms with Gasteiger partial charge in [-0.2, -0.15) is 0 Å². The molecule has 0 aliphatic carbocycles. The van der Waals surface area contributed by atoms with Gasteiger partial charge >= 0.3 is 0 Å². The molecule has 0 unspecified atom stereocenters. The van der Waals surface area contributed by atoms with E-state index in [1.165, 1.54) is 0 Å². The Morgan fingerprint density at radius 3 is 2.52 bits per heavy atom. The third kappa shape index (κ3) is 6.55. The van der Waals surface area contributed by atoms with Gasteiger partial charge in [-0.05, 0) is 74.3 Å². The van der Waals surface area contributed by atoms with Crippen LogP contribution < -0.4 is 15.6 Å². The molecule has 3 aromatic rings. The summed E-state index contributed by atoms with van der Waals surface area (Å²) in [5, 5.41) is 5.00. The number of benzene rings is 2. The van der Waals surface area contributed by atoms with Crippen LogP contribution in [0.4, 0.5) is 0 Å². The van der Waals surface area contributed by atoms with E-state index in [0.717, 1.165) is 39.8 Å². The Labute approximate surface area is 200 Å². The summed E-state index contributed by atoms with van der Waals surface area (Å²) in [5.41, 5.74) is 4.76. The summed E-state index contributed by atoms with van der Waals surface area (Å²) in [6, 6.07) is 14.0. The predicted octanol–water partition coefficient (Wildman–Crippen LogP) is 4.46. The van der Waals surface area contributed by atoms with Crippen LogP contribution in [0.5, 0.6) is 5.75 Å². The van der Waals surface area contributed by atoms with Gasteiger partial charge in [-0.1, -0.05) is 24.3 Å². The largest absolute Gasteiger partial charge is 0.497 e. The molecule has 0 bridgehead atoms. The average Bonchev–Trinajstić information content (AvgIpc) is 2.82. The molecule has 0 atom stereocenters. The summed E-state index contributed by atoms with van der Waals surface area (Å²) in [7, 11) is 1.65. The van der Waals surface area contributed by atoms with Crippen molar-refractivity contribution in [2.24, 2.45) is 0 Å². The molecule has 176 valence electrons. The number of H-pyrrole nitrogens is 1. The molecule has 1 aromatic heterocycles. The minimum atomic E-state index is -0.0879. The van der Waals surface area contributed by atoms with E-state index in [4.69, 9.17) is 21.7 Å². The number of fused-ring (bicyclic) bond motifs is 1. The molecule has 0 radical (unpaired) electrons. The number of hydrogen-bond acceptors (Lipinski definition) is 4. The van der Waals surface area contributed by atoms with Crippen molar-refractivity contribution in [2.75, 3.05) is 26.9 Å². The average molecular weight is 468 g/mol. The molecule has 2 N–H and O–H groups in total. The first-order valence-corrected chi connectivity index (χ1v) is 11.7. The molecule has 0 aliphatic rings. The lowest BCUT2D eigenvalue weighted by Crippen LogP contribution is -2.40. The van der Waals surface area contributed by atoms with Gasteiger partial charge in [0, 0.05) is 37.3 Å². The van der Waals surface area contributed by atoms with Gasteiger partial charge in [-0.25, -0.2) is 0 Å².